The topological polar surface area (TPSA) is 55.8 Å². The molecule has 0 aliphatic rings. The predicted molar refractivity (Wildman–Crippen MR) is 60.0 cm³/mol. The first-order valence-corrected chi connectivity index (χ1v) is 5.27. The minimum absolute atomic E-state index is 0.0214. The van der Waals surface area contributed by atoms with Crippen molar-refractivity contribution in [2.24, 2.45) is 0 Å². The van der Waals surface area contributed by atoms with Gasteiger partial charge in [-0.25, -0.2) is 0 Å². The lowest BCUT2D eigenvalue weighted by Crippen LogP contribution is -2.38. The van der Waals surface area contributed by atoms with Crippen molar-refractivity contribution in [3.63, 3.8) is 0 Å². The largest absolute Gasteiger partial charge is 0.465 e. The number of esters is 1. The van der Waals surface area contributed by atoms with Crippen molar-refractivity contribution in [1.82, 2.24) is 4.90 Å². The number of amides is 1. The molecular weight excluding hydrogens is 210 g/mol. The molecule has 0 aromatic heterocycles. The molecule has 0 unspecified atom stereocenters. The Morgan fingerprint density at radius 1 is 1.31 bits per heavy atom. The molecule has 0 fully saturated rings. The molecule has 0 saturated heterocycles. The molecule has 0 spiro atoms. The van der Waals surface area contributed by atoms with Crippen LogP contribution in [0.1, 0.15) is 27.2 Å². The molecule has 0 N–H and O–H groups in total. The second kappa shape index (κ2) is 6.48. The normalized spacial score (nSPS) is 11.1. The number of hydrogen-bond acceptors (Lipinski definition) is 4. The molecular formula is C11H21NO4. The van der Waals surface area contributed by atoms with E-state index in [-0.39, 0.29) is 18.9 Å². The van der Waals surface area contributed by atoms with Crippen LogP contribution in [0.5, 0.6) is 0 Å². The van der Waals surface area contributed by atoms with Gasteiger partial charge >= 0.3 is 5.97 Å². The highest BCUT2D eigenvalue weighted by atomic mass is 16.5. The highest BCUT2D eigenvalue weighted by Gasteiger charge is 2.24. The fourth-order valence-corrected chi connectivity index (χ4v) is 1.06. The van der Waals surface area contributed by atoms with Crippen LogP contribution in [0.2, 0.25) is 0 Å². The van der Waals surface area contributed by atoms with E-state index in [4.69, 9.17) is 9.47 Å². The van der Waals surface area contributed by atoms with Crippen molar-refractivity contribution in [3.05, 3.63) is 0 Å². The first kappa shape index (κ1) is 14.9. The molecule has 94 valence electrons. The van der Waals surface area contributed by atoms with Crippen LogP contribution >= 0.6 is 0 Å². The van der Waals surface area contributed by atoms with Crippen LogP contribution in [0, 0.1) is 0 Å². The Morgan fingerprint density at radius 3 is 2.31 bits per heavy atom. The average Bonchev–Trinajstić information content (AvgIpc) is 2.17. The molecule has 0 aliphatic carbocycles. The van der Waals surface area contributed by atoms with Crippen LogP contribution in [0.4, 0.5) is 0 Å². The molecule has 0 aliphatic heterocycles. The van der Waals surface area contributed by atoms with E-state index >= 15 is 0 Å². The van der Waals surface area contributed by atoms with Gasteiger partial charge in [0.1, 0.15) is 6.54 Å². The summed E-state index contributed by atoms with van der Waals surface area (Å²) >= 11 is 0. The van der Waals surface area contributed by atoms with E-state index in [0.29, 0.717) is 6.61 Å². The van der Waals surface area contributed by atoms with E-state index < -0.39 is 11.6 Å². The Hall–Kier alpha value is -1.10. The van der Waals surface area contributed by atoms with E-state index in [2.05, 4.69) is 0 Å². The SMILES string of the molecule is CCOC(=O)CN(C)C(=O)CC(C)(C)OC. The number of methoxy groups -OCH3 is 1. The second-order valence-electron chi connectivity index (χ2n) is 4.20. The molecule has 0 saturated carbocycles. The van der Waals surface area contributed by atoms with E-state index in [0.717, 1.165) is 0 Å². The van der Waals surface area contributed by atoms with Crippen LogP contribution < -0.4 is 0 Å². The fourth-order valence-electron chi connectivity index (χ4n) is 1.06. The van der Waals surface area contributed by atoms with Crippen molar-refractivity contribution >= 4 is 11.9 Å². The van der Waals surface area contributed by atoms with Crippen molar-refractivity contribution in [2.75, 3.05) is 27.3 Å². The standard InChI is InChI=1S/C11H21NO4/c1-6-16-10(14)8-12(4)9(13)7-11(2,3)15-5/h6-8H2,1-5H3. The summed E-state index contributed by atoms with van der Waals surface area (Å²) in [4.78, 5) is 24.2. The summed E-state index contributed by atoms with van der Waals surface area (Å²) in [5.41, 5.74) is -0.514. The monoisotopic (exact) mass is 231 g/mol. The minimum Gasteiger partial charge on any atom is -0.465 e. The molecule has 0 aromatic carbocycles. The highest BCUT2D eigenvalue weighted by molar-refractivity contribution is 5.82. The van der Waals surface area contributed by atoms with Gasteiger partial charge in [-0.15, -0.1) is 0 Å². The second-order valence-corrected chi connectivity index (χ2v) is 4.20. The number of hydrogen-bond donors (Lipinski definition) is 0. The first-order valence-electron chi connectivity index (χ1n) is 5.27. The molecule has 0 atom stereocenters. The molecule has 0 heterocycles. The van der Waals surface area contributed by atoms with Crippen molar-refractivity contribution < 1.29 is 19.1 Å². The Morgan fingerprint density at radius 2 is 1.88 bits per heavy atom. The van der Waals surface area contributed by atoms with Crippen molar-refractivity contribution in [3.8, 4) is 0 Å². The lowest BCUT2D eigenvalue weighted by molar-refractivity contribution is -0.149. The van der Waals surface area contributed by atoms with Gasteiger partial charge in [0.05, 0.1) is 18.6 Å². The number of carbonyl (C=O) groups is 2. The van der Waals surface area contributed by atoms with Crippen LogP contribution in [-0.4, -0.2) is 49.7 Å². The first-order chi connectivity index (χ1) is 7.32. The van der Waals surface area contributed by atoms with Gasteiger partial charge in [0.25, 0.3) is 0 Å². The van der Waals surface area contributed by atoms with Crippen LogP contribution in [0.25, 0.3) is 0 Å². The van der Waals surface area contributed by atoms with Crippen LogP contribution in [-0.2, 0) is 19.1 Å². The van der Waals surface area contributed by atoms with Crippen LogP contribution in [0.3, 0.4) is 0 Å². The quantitative estimate of drug-likeness (QED) is 0.635. The molecule has 0 bridgehead atoms. The lowest BCUT2D eigenvalue weighted by Gasteiger charge is -2.25. The van der Waals surface area contributed by atoms with E-state index in [1.54, 1.807) is 21.1 Å². The fraction of sp³-hybridized carbons (Fsp3) is 0.818. The molecule has 0 rings (SSSR count). The maximum Gasteiger partial charge on any atom is 0.325 e. The van der Waals surface area contributed by atoms with Gasteiger partial charge in [0, 0.05) is 14.2 Å². The molecule has 0 aromatic rings. The summed E-state index contributed by atoms with van der Waals surface area (Å²) in [6, 6.07) is 0. The Balaban J connectivity index is 4.14. The summed E-state index contributed by atoms with van der Waals surface area (Å²) in [5, 5.41) is 0. The third-order valence-electron chi connectivity index (χ3n) is 2.23. The summed E-state index contributed by atoms with van der Waals surface area (Å²) in [7, 11) is 3.13. The average molecular weight is 231 g/mol. The molecule has 5 nitrogen and oxygen atoms in total. The van der Waals surface area contributed by atoms with E-state index in [9.17, 15) is 9.59 Å². The zero-order chi connectivity index (χ0) is 12.8. The number of ether oxygens (including phenoxy) is 2. The minimum atomic E-state index is -0.514. The maximum atomic E-state index is 11.7. The van der Waals surface area contributed by atoms with Crippen LogP contribution in [0.15, 0.2) is 0 Å². The molecule has 1 amide bonds. The summed E-state index contributed by atoms with van der Waals surface area (Å²) in [5.74, 6) is -0.534. The third-order valence-corrected chi connectivity index (χ3v) is 2.23. The summed E-state index contributed by atoms with van der Waals surface area (Å²) in [6.45, 7) is 5.68. The van der Waals surface area contributed by atoms with Crippen molar-refractivity contribution in [2.45, 2.75) is 32.8 Å². The van der Waals surface area contributed by atoms with Gasteiger partial charge in [-0.3, -0.25) is 9.59 Å². The van der Waals surface area contributed by atoms with Gasteiger partial charge < -0.3 is 14.4 Å². The lowest BCUT2D eigenvalue weighted by atomic mass is 10.0. The summed E-state index contributed by atoms with van der Waals surface area (Å²) < 4.78 is 9.90. The van der Waals surface area contributed by atoms with E-state index in [1.165, 1.54) is 4.90 Å². The van der Waals surface area contributed by atoms with Crippen molar-refractivity contribution in [1.29, 1.82) is 0 Å². The molecule has 5 heteroatoms. The Labute approximate surface area is 96.7 Å². The van der Waals surface area contributed by atoms with Gasteiger partial charge in [0.15, 0.2) is 0 Å². The zero-order valence-corrected chi connectivity index (χ0v) is 10.7. The molecule has 0 radical (unpaired) electrons. The third kappa shape index (κ3) is 5.70. The predicted octanol–water partition coefficient (Wildman–Crippen LogP) is 0.823. The zero-order valence-electron chi connectivity index (χ0n) is 10.7. The smallest absolute Gasteiger partial charge is 0.325 e. The number of nitrogens with zero attached hydrogens (tertiary/aromatic N) is 1. The molecule has 16 heavy (non-hydrogen) atoms. The van der Waals surface area contributed by atoms with Gasteiger partial charge in [-0.1, -0.05) is 0 Å². The highest BCUT2D eigenvalue weighted by Crippen LogP contribution is 2.14. The Bertz CT molecular complexity index is 250. The number of likely N-dealkylation sites (N-methyl/N-ethyl adjacent to an activating group) is 1. The Kier molecular flexibility index (Phi) is 6.03. The maximum absolute atomic E-state index is 11.7. The number of rotatable bonds is 6. The van der Waals surface area contributed by atoms with E-state index in [1.807, 2.05) is 13.8 Å². The summed E-state index contributed by atoms with van der Waals surface area (Å²) in [6.07, 6.45) is 0.236. The van der Waals surface area contributed by atoms with Gasteiger partial charge in [-0.05, 0) is 20.8 Å². The van der Waals surface area contributed by atoms with Gasteiger partial charge in [-0.2, -0.15) is 0 Å². The number of carbonyl (C=O) groups excluding carboxylic acids is 2. The van der Waals surface area contributed by atoms with Gasteiger partial charge in [0.2, 0.25) is 5.91 Å².